The largest absolute Gasteiger partial charge is 0.434 e. The molecule has 0 atom stereocenters. The normalized spacial score (nSPS) is 12.6. The van der Waals surface area contributed by atoms with Gasteiger partial charge < -0.3 is 0 Å². The third kappa shape index (κ3) is 2.15. The summed E-state index contributed by atoms with van der Waals surface area (Å²) in [5, 5.41) is 0. The van der Waals surface area contributed by atoms with E-state index < -0.39 is 11.9 Å². The molecule has 0 radical (unpaired) electrons. The predicted molar refractivity (Wildman–Crippen MR) is 59.8 cm³/mol. The lowest BCUT2D eigenvalue weighted by Gasteiger charge is -2.07. The zero-order valence-electron chi connectivity index (χ0n) is 9.09. The first kappa shape index (κ1) is 12.3. The van der Waals surface area contributed by atoms with Gasteiger partial charge in [-0.25, -0.2) is 9.97 Å². The third-order valence-electron chi connectivity index (χ3n) is 2.33. The molecule has 7 heteroatoms. The predicted octanol–water partition coefficient (Wildman–Crippen LogP) is 3.63. The standard InChI is InChI=1S/C10H9BrF3N3/c1-5(2)6-3-17-4-15-8(10(12,13)14)7(11)9(17)16-6/h3-5H,1-2H3. The minimum atomic E-state index is -4.48. The van der Waals surface area contributed by atoms with Crippen molar-refractivity contribution in [1.29, 1.82) is 0 Å². The second-order valence-corrected chi connectivity index (χ2v) is 4.75. The van der Waals surface area contributed by atoms with Crippen molar-refractivity contribution < 1.29 is 13.2 Å². The van der Waals surface area contributed by atoms with E-state index in [1.165, 1.54) is 4.40 Å². The maximum atomic E-state index is 12.6. The summed E-state index contributed by atoms with van der Waals surface area (Å²) in [4.78, 5) is 7.56. The fourth-order valence-electron chi connectivity index (χ4n) is 1.42. The molecule has 0 fully saturated rings. The molecule has 2 aromatic heterocycles. The van der Waals surface area contributed by atoms with Crippen LogP contribution in [0.3, 0.4) is 0 Å². The summed E-state index contributed by atoms with van der Waals surface area (Å²) in [5.41, 5.74) is 0.00811. The van der Waals surface area contributed by atoms with E-state index in [4.69, 9.17) is 0 Å². The minimum absolute atomic E-state index is 0.126. The third-order valence-corrected chi connectivity index (χ3v) is 3.06. The molecular weight excluding hydrogens is 299 g/mol. The molecule has 0 aromatic carbocycles. The van der Waals surface area contributed by atoms with Crippen molar-refractivity contribution in [3.63, 3.8) is 0 Å². The Morgan fingerprint density at radius 1 is 1.35 bits per heavy atom. The Hall–Kier alpha value is -1.11. The summed E-state index contributed by atoms with van der Waals surface area (Å²) >= 11 is 2.91. The second-order valence-electron chi connectivity index (χ2n) is 3.96. The molecular formula is C10H9BrF3N3. The van der Waals surface area contributed by atoms with Gasteiger partial charge in [-0.3, -0.25) is 4.40 Å². The minimum Gasteiger partial charge on any atom is -0.289 e. The lowest BCUT2D eigenvalue weighted by molar-refractivity contribution is -0.141. The van der Waals surface area contributed by atoms with Gasteiger partial charge in [0.1, 0.15) is 6.33 Å². The van der Waals surface area contributed by atoms with Crippen LogP contribution in [0.4, 0.5) is 13.2 Å². The first-order valence-electron chi connectivity index (χ1n) is 4.91. The topological polar surface area (TPSA) is 30.2 Å². The Kier molecular flexibility index (Phi) is 2.89. The number of hydrogen-bond acceptors (Lipinski definition) is 2. The molecule has 0 bridgehead atoms. The van der Waals surface area contributed by atoms with Crippen molar-refractivity contribution in [1.82, 2.24) is 14.4 Å². The average Bonchev–Trinajstić information content (AvgIpc) is 2.60. The summed E-state index contributed by atoms with van der Waals surface area (Å²) < 4.78 is 39.2. The van der Waals surface area contributed by atoms with Crippen LogP contribution in [-0.2, 0) is 6.18 Å². The van der Waals surface area contributed by atoms with Gasteiger partial charge in [0.05, 0.1) is 10.2 Å². The molecule has 2 rings (SSSR count). The van der Waals surface area contributed by atoms with Gasteiger partial charge in [-0.1, -0.05) is 13.8 Å². The monoisotopic (exact) mass is 307 g/mol. The van der Waals surface area contributed by atoms with Gasteiger partial charge in [0, 0.05) is 6.20 Å². The van der Waals surface area contributed by atoms with Crippen LogP contribution in [0.15, 0.2) is 17.0 Å². The molecule has 3 nitrogen and oxygen atoms in total. The molecule has 92 valence electrons. The van der Waals surface area contributed by atoms with E-state index >= 15 is 0 Å². The summed E-state index contributed by atoms with van der Waals surface area (Å²) in [5.74, 6) is 0.149. The van der Waals surface area contributed by atoms with Crippen LogP contribution in [0.25, 0.3) is 5.65 Å². The number of halogens is 4. The molecule has 17 heavy (non-hydrogen) atoms. The highest BCUT2D eigenvalue weighted by Crippen LogP contribution is 2.35. The van der Waals surface area contributed by atoms with Crippen molar-refractivity contribution in [2.24, 2.45) is 0 Å². The molecule has 0 N–H and O–H groups in total. The van der Waals surface area contributed by atoms with Crippen molar-refractivity contribution in [3.8, 4) is 0 Å². The number of rotatable bonds is 1. The van der Waals surface area contributed by atoms with Crippen molar-refractivity contribution in [2.75, 3.05) is 0 Å². The highest BCUT2D eigenvalue weighted by Gasteiger charge is 2.36. The van der Waals surface area contributed by atoms with Gasteiger partial charge in [-0.05, 0) is 21.8 Å². The number of hydrogen-bond donors (Lipinski definition) is 0. The van der Waals surface area contributed by atoms with Gasteiger partial charge >= 0.3 is 6.18 Å². The molecule has 0 aliphatic rings. The highest BCUT2D eigenvalue weighted by molar-refractivity contribution is 9.10. The van der Waals surface area contributed by atoms with Crippen molar-refractivity contribution in [3.05, 3.63) is 28.4 Å². The first-order chi connectivity index (χ1) is 7.80. The van der Waals surface area contributed by atoms with Crippen LogP contribution in [0.5, 0.6) is 0 Å². The number of imidazole rings is 1. The van der Waals surface area contributed by atoms with E-state index in [0.717, 1.165) is 12.0 Å². The van der Waals surface area contributed by atoms with Gasteiger partial charge in [0.25, 0.3) is 0 Å². The van der Waals surface area contributed by atoms with Gasteiger partial charge in [-0.15, -0.1) is 0 Å². The van der Waals surface area contributed by atoms with Gasteiger partial charge in [0.15, 0.2) is 11.3 Å². The van der Waals surface area contributed by atoms with Crippen molar-refractivity contribution in [2.45, 2.75) is 25.9 Å². The molecule has 0 spiro atoms. The Morgan fingerprint density at radius 3 is 2.53 bits per heavy atom. The molecule has 2 aromatic rings. The molecule has 2 heterocycles. The van der Waals surface area contributed by atoms with Crippen LogP contribution in [0.2, 0.25) is 0 Å². The maximum Gasteiger partial charge on any atom is 0.434 e. The number of fused-ring (bicyclic) bond motifs is 1. The fourth-order valence-corrected chi connectivity index (χ4v) is 2.04. The lowest BCUT2D eigenvalue weighted by Crippen LogP contribution is -2.10. The molecule has 0 aliphatic heterocycles. The maximum absolute atomic E-state index is 12.6. The van der Waals surface area contributed by atoms with E-state index in [9.17, 15) is 13.2 Å². The average molecular weight is 308 g/mol. The van der Waals surface area contributed by atoms with E-state index in [2.05, 4.69) is 25.9 Å². The lowest BCUT2D eigenvalue weighted by atomic mass is 10.2. The molecule has 0 unspecified atom stereocenters. The SMILES string of the molecule is CC(C)c1cn2cnc(C(F)(F)F)c(Br)c2n1. The van der Waals surface area contributed by atoms with Crippen molar-refractivity contribution >= 4 is 21.6 Å². The first-order valence-corrected chi connectivity index (χ1v) is 5.70. The number of nitrogens with zero attached hydrogens (tertiary/aromatic N) is 3. The van der Waals surface area contributed by atoms with Crippen LogP contribution >= 0.6 is 15.9 Å². The van der Waals surface area contributed by atoms with E-state index in [1.54, 1.807) is 6.20 Å². The zero-order valence-corrected chi connectivity index (χ0v) is 10.7. The smallest absolute Gasteiger partial charge is 0.289 e. The number of aromatic nitrogens is 3. The molecule has 0 amide bonds. The quantitative estimate of drug-likeness (QED) is 0.805. The van der Waals surface area contributed by atoms with E-state index in [0.29, 0.717) is 0 Å². The van der Waals surface area contributed by atoms with Crippen LogP contribution in [0, 0.1) is 0 Å². The summed E-state index contributed by atoms with van der Waals surface area (Å²) in [6, 6.07) is 0. The van der Waals surface area contributed by atoms with Gasteiger partial charge in [-0.2, -0.15) is 13.2 Å². The molecule has 0 aliphatic carbocycles. The van der Waals surface area contributed by atoms with Gasteiger partial charge in [0.2, 0.25) is 0 Å². The molecule has 0 saturated heterocycles. The Labute approximate surface area is 104 Å². The van der Waals surface area contributed by atoms with Crippen LogP contribution in [-0.4, -0.2) is 14.4 Å². The second kappa shape index (κ2) is 3.97. The summed E-state index contributed by atoms with van der Waals surface area (Å²) in [6.07, 6.45) is -1.68. The Balaban J connectivity index is 2.67. The van der Waals surface area contributed by atoms with E-state index in [1.807, 2.05) is 13.8 Å². The summed E-state index contributed by atoms with van der Waals surface area (Å²) in [7, 11) is 0. The highest BCUT2D eigenvalue weighted by atomic mass is 79.9. The molecule has 0 saturated carbocycles. The fraction of sp³-hybridized carbons (Fsp3) is 0.400. The van der Waals surface area contributed by atoms with E-state index in [-0.39, 0.29) is 16.0 Å². The Morgan fingerprint density at radius 2 is 2.00 bits per heavy atom. The zero-order chi connectivity index (χ0) is 12.8. The Bertz CT molecular complexity index is 560. The van der Waals surface area contributed by atoms with Crippen LogP contribution < -0.4 is 0 Å². The summed E-state index contributed by atoms with van der Waals surface area (Å²) in [6.45, 7) is 3.85. The number of alkyl halides is 3. The van der Waals surface area contributed by atoms with Crippen LogP contribution in [0.1, 0.15) is 31.2 Å².